The summed E-state index contributed by atoms with van der Waals surface area (Å²) < 4.78 is 0. The molecule has 0 nitrogen and oxygen atoms in total. The first kappa shape index (κ1) is 36.0. The van der Waals surface area contributed by atoms with Gasteiger partial charge in [-0.25, -0.2) is 0 Å². The van der Waals surface area contributed by atoms with Gasteiger partial charge in [0.15, 0.2) is 0 Å². The van der Waals surface area contributed by atoms with Gasteiger partial charge in [0, 0.05) is 14.0 Å². The Morgan fingerprint density at radius 2 is 0.778 bits per heavy atom. The molecule has 2 heteroatoms. The highest BCUT2D eigenvalue weighted by molar-refractivity contribution is 7.80. The molecule has 1 aliphatic carbocycles. The van der Waals surface area contributed by atoms with Gasteiger partial charge < -0.3 is 0 Å². The highest BCUT2D eigenvalue weighted by atomic mass is 31.1. The first-order valence-corrected chi connectivity index (χ1v) is 21.6. The van der Waals surface area contributed by atoms with Gasteiger partial charge >= 0.3 is 0 Å². The summed E-state index contributed by atoms with van der Waals surface area (Å²) in [4.78, 5) is 0. The Hall–Kier alpha value is -4.95. The Morgan fingerprint density at radius 1 is 0.389 bits per heavy atom. The largest absolute Gasteiger partial charge is 0.113 e. The van der Waals surface area contributed by atoms with E-state index in [1.54, 1.807) is 0 Å². The molecule has 7 aromatic rings. The van der Waals surface area contributed by atoms with Gasteiger partial charge in [0.25, 0.3) is 0 Å². The van der Waals surface area contributed by atoms with Gasteiger partial charge in [-0.05, 0) is 123 Å². The highest BCUT2D eigenvalue weighted by Gasteiger charge is 2.31. The minimum atomic E-state index is -0.957. The van der Waals surface area contributed by atoms with Crippen molar-refractivity contribution in [3.05, 3.63) is 195 Å². The van der Waals surface area contributed by atoms with Crippen LogP contribution in [0, 0.1) is 47.6 Å². The van der Waals surface area contributed by atoms with E-state index in [2.05, 4.69) is 201 Å². The molecule has 0 fully saturated rings. The van der Waals surface area contributed by atoms with Crippen LogP contribution >= 0.6 is 15.8 Å². The lowest BCUT2D eigenvalue weighted by Crippen LogP contribution is -2.25. The molecule has 54 heavy (non-hydrogen) atoms. The molecule has 0 N–H and O–H groups in total. The monoisotopic (exact) mass is 733 g/mol. The van der Waals surface area contributed by atoms with Crippen molar-refractivity contribution in [1.82, 2.24) is 0 Å². The number of allylic oxidation sites excluding steroid dienone is 6. The smallest absolute Gasteiger partial charge is 0.0616 e. The minimum Gasteiger partial charge on any atom is -0.0616 e. The molecule has 0 heterocycles. The number of hydrogen-bond acceptors (Lipinski definition) is 0. The Bertz CT molecular complexity index is 2590. The van der Waals surface area contributed by atoms with Crippen molar-refractivity contribution >= 4 is 63.9 Å². The maximum Gasteiger partial charge on any atom is 0.113 e. The summed E-state index contributed by atoms with van der Waals surface area (Å²) >= 11 is 0. The third-order valence-corrected chi connectivity index (χ3v) is 15.1. The van der Waals surface area contributed by atoms with Crippen molar-refractivity contribution in [3.8, 4) is 11.1 Å². The second-order valence-electron chi connectivity index (χ2n) is 15.3. The van der Waals surface area contributed by atoms with Crippen LogP contribution in [0.5, 0.6) is 0 Å². The topological polar surface area (TPSA) is 0 Å². The molecule has 1 unspecified atom stereocenters. The number of benzene rings is 7. The first-order chi connectivity index (χ1) is 26.0. The quantitative estimate of drug-likeness (QED) is 0.113. The molecule has 0 aromatic heterocycles. The number of fused-ring (bicyclic) bond motifs is 2. The van der Waals surface area contributed by atoms with Crippen LogP contribution in [0.1, 0.15) is 47.2 Å². The zero-order chi connectivity index (χ0) is 37.7. The Balaban J connectivity index is 1.55. The molecule has 0 amide bonds. The molecule has 0 spiro atoms. The van der Waals surface area contributed by atoms with E-state index in [9.17, 15) is 0 Å². The molecule has 0 saturated heterocycles. The van der Waals surface area contributed by atoms with Crippen molar-refractivity contribution < 1.29 is 0 Å². The van der Waals surface area contributed by atoms with Crippen molar-refractivity contribution in [2.75, 3.05) is 0 Å². The van der Waals surface area contributed by atoms with Crippen LogP contribution < -0.4 is 26.5 Å². The van der Waals surface area contributed by atoms with Gasteiger partial charge in [-0.2, -0.15) is 0 Å². The van der Waals surface area contributed by atoms with Gasteiger partial charge in [-0.3, -0.25) is 0 Å². The van der Waals surface area contributed by atoms with E-state index in [4.69, 9.17) is 0 Å². The standard InChI is InChI=1S/C52H47P2/c1-33-21-34(2)26-43(25-33)53(44-27-35(3)22-36(4)28-44)49-19-17-41-13-9-11-15-47(41)51(49)52-48-16-12-10-14-42(48)18-20-50(52)54(45-29-37(5)23-38(6)30-45)46-31-39(7)24-40(8)32-46/h9-23,25-32H,1-8H3/q+1. The van der Waals surface area contributed by atoms with E-state index < -0.39 is 15.8 Å². The van der Waals surface area contributed by atoms with Crippen LogP contribution in [0.2, 0.25) is 0 Å². The lowest BCUT2D eigenvalue weighted by atomic mass is 9.93. The molecule has 7 aromatic carbocycles. The Kier molecular flexibility index (Phi) is 9.82. The minimum absolute atomic E-state index is 0.942. The Labute approximate surface area is 324 Å². The van der Waals surface area contributed by atoms with Gasteiger partial charge in [-0.1, -0.05) is 161 Å². The predicted molar refractivity (Wildman–Crippen MR) is 241 cm³/mol. The zero-order valence-electron chi connectivity index (χ0n) is 32.7. The van der Waals surface area contributed by atoms with Crippen LogP contribution in [0.25, 0.3) is 32.7 Å². The molecular formula is C52H47P2+. The molecule has 0 radical (unpaired) electrons. The second-order valence-corrected chi connectivity index (χ2v) is 19.6. The summed E-state index contributed by atoms with van der Waals surface area (Å²) in [5.74, 6) is 0. The van der Waals surface area contributed by atoms with Crippen LogP contribution in [0.3, 0.4) is 0 Å². The first-order valence-electron chi connectivity index (χ1n) is 18.9. The number of hydrogen-bond donors (Lipinski definition) is 0. The summed E-state index contributed by atoms with van der Waals surface area (Å²) in [7, 11) is -1.90. The normalized spacial score (nSPS) is 13.5. The maximum absolute atomic E-state index is 3.58. The summed E-state index contributed by atoms with van der Waals surface area (Å²) in [5.41, 5.74) is 12.9. The van der Waals surface area contributed by atoms with Gasteiger partial charge in [0.2, 0.25) is 0 Å². The molecule has 8 rings (SSSR count). The molecule has 1 atom stereocenters. The molecule has 0 bridgehead atoms. The molecule has 1 aliphatic rings. The summed E-state index contributed by atoms with van der Waals surface area (Å²) in [6, 6.07) is 49.3. The summed E-state index contributed by atoms with van der Waals surface area (Å²) in [6.45, 7) is 17.8. The van der Waals surface area contributed by atoms with E-state index in [1.807, 2.05) is 0 Å². The average molecular weight is 734 g/mol. The molecule has 0 aliphatic heterocycles. The molecule has 0 saturated carbocycles. The zero-order valence-corrected chi connectivity index (χ0v) is 34.5. The fraction of sp³-hybridized carbons (Fsp3) is 0.154. The van der Waals surface area contributed by atoms with Crippen LogP contribution in [-0.2, 0) is 0 Å². The van der Waals surface area contributed by atoms with Crippen molar-refractivity contribution in [2.24, 2.45) is 0 Å². The van der Waals surface area contributed by atoms with Crippen molar-refractivity contribution in [2.45, 2.75) is 55.4 Å². The Morgan fingerprint density at radius 3 is 1.20 bits per heavy atom. The SMILES string of the molecule is CC1=[C+]C(C)=CC(P(c2cc(C)cc(C)c2)c2ccc3ccccc3c2-c2c(P(c3cc(C)cc(C)c3)c3cc(C)cc(C)c3)ccc3ccccc23)=C1. The maximum atomic E-state index is 3.58. The van der Waals surface area contributed by atoms with Crippen molar-refractivity contribution in [1.29, 1.82) is 0 Å². The van der Waals surface area contributed by atoms with E-state index in [-0.39, 0.29) is 0 Å². The third kappa shape index (κ3) is 7.04. The van der Waals surface area contributed by atoms with Gasteiger partial charge in [-0.15, -0.1) is 0 Å². The van der Waals surface area contributed by atoms with Gasteiger partial charge in [0.05, 0.1) is 17.5 Å². The number of aryl methyl sites for hydroxylation is 6. The van der Waals surface area contributed by atoms with E-state index in [0.717, 1.165) is 0 Å². The average Bonchev–Trinajstić information content (AvgIpc) is 3.10. The van der Waals surface area contributed by atoms with Gasteiger partial charge in [0.1, 0.15) is 11.1 Å². The fourth-order valence-electron chi connectivity index (χ4n) is 8.51. The van der Waals surface area contributed by atoms with Crippen LogP contribution in [0.4, 0.5) is 0 Å². The predicted octanol–water partition coefficient (Wildman–Crippen LogP) is 12.3. The second kappa shape index (κ2) is 14.7. The molecular weight excluding hydrogens is 687 g/mol. The van der Waals surface area contributed by atoms with E-state index >= 15 is 0 Å². The highest BCUT2D eigenvalue weighted by Crippen LogP contribution is 2.51. The van der Waals surface area contributed by atoms with Crippen LogP contribution in [0.15, 0.2) is 156 Å². The lowest BCUT2D eigenvalue weighted by molar-refractivity contribution is 1.35. The molecule has 264 valence electrons. The number of rotatable bonds is 7. The third-order valence-electron chi connectivity index (χ3n) is 10.3. The van der Waals surface area contributed by atoms with Crippen LogP contribution in [-0.4, -0.2) is 0 Å². The summed E-state index contributed by atoms with van der Waals surface area (Å²) in [5, 5.41) is 13.5. The van der Waals surface area contributed by atoms with E-state index in [0.29, 0.717) is 0 Å². The lowest BCUT2D eigenvalue weighted by Gasteiger charge is -2.29. The summed E-state index contributed by atoms with van der Waals surface area (Å²) in [6.07, 6.45) is 8.36. The van der Waals surface area contributed by atoms with E-state index in [1.165, 1.54) is 109 Å². The fourth-order valence-corrected chi connectivity index (χ4v) is 14.2. The van der Waals surface area contributed by atoms with Crippen molar-refractivity contribution in [3.63, 3.8) is 0 Å².